The summed E-state index contributed by atoms with van der Waals surface area (Å²) in [4.78, 5) is 0. The lowest BCUT2D eigenvalue weighted by atomic mass is 9.76. The summed E-state index contributed by atoms with van der Waals surface area (Å²) in [6, 6.07) is 8.77. The molecule has 2 saturated carbocycles. The van der Waals surface area contributed by atoms with Crippen LogP contribution in [0.1, 0.15) is 58.6 Å². The highest BCUT2D eigenvalue weighted by Gasteiger charge is 2.50. The number of fused-ring (bicyclic) bond motifs is 5. The Bertz CT molecular complexity index is 758. The van der Waals surface area contributed by atoms with Crippen molar-refractivity contribution in [2.24, 2.45) is 28.8 Å². The zero-order valence-corrected chi connectivity index (χ0v) is 17.9. The van der Waals surface area contributed by atoms with Crippen molar-refractivity contribution in [2.45, 2.75) is 65.8 Å². The van der Waals surface area contributed by atoms with Crippen LogP contribution in [0.15, 0.2) is 34.9 Å². The van der Waals surface area contributed by atoms with Gasteiger partial charge in [0, 0.05) is 12.1 Å². The minimum atomic E-state index is -0.119. The molecule has 28 heavy (non-hydrogen) atoms. The molecule has 4 unspecified atom stereocenters. The topological polar surface area (TPSA) is 42.9 Å². The van der Waals surface area contributed by atoms with Gasteiger partial charge in [0.1, 0.15) is 0 Å². The van der Waals surface area contributed by atoms with Gasteiger partial charge in [0.05, 0.1) is 30.6 Å². The SMILES string of the molecule is CC(C)OCC1CC2CC1C1=C(c3ccc(COC(C)(C)C)cc3)NN=CC12. The molecule has 152 valence electrons. The summed E-state index contributed by atoms with van der Waals surface area (Å²) in [5.74, 6) is 2.48. The van der Waals surface area contributed by atoms with E-state index in [0.29, 0.717) is 30.5 Å². The molecule has 1 aromatic carbocycles. The Balaban J connectivity index is 1.54. The number of hydrogen-bond acceptors (Lipinski definition) is 4. The van der Waals surface area contributed by atoms with Gasteiger partial charge in [0.2, 0.25) is 0 Å². The Morgan fingerprint density at radius 3 is 2.57 bits per heavy atom. The van der Waals surface area contributed by atoms with Crippen LogP contribution in [0.2, 0.25) is 0 Å². The van der Waals surface area contributed by atoms with Crippen LogP contribution in [-0.2, 0) is 16.1 Å². The molecule has 0 radical (unpaired) electrons. The smallest absolute Gasteiger partial charge is 0.0724 e. The number of benzene rings is 1. The van der Waals surface area contributed by atoms with Gasteiger partial charge in [0.25, 0.3) is 0 Å². The van der Waals surface area contributed by atoms with Crippen LogP contribution in [0, 0.1) is 23.7 Å². The van der Waals surface area contributed by atoms with E-state index in [2.05, 4.69) is 75.6 Å². The Hall–Kier alpha value is -1.65. The maximum absolute atomic E-state index is 5.98. The van der Waals surface area contributed by atoms with E-state index in [1.807, 2.05) is 0 Å². The van der Waals surface area contributed by atoms with E-state index in [1.165, 1.54) is 29.7 Å². The van der Waals surface area contributed by atoms with Gasteiger partial charge in [-0.3, -0.25) is 5.43 Å². The predicted molar refractivity (Wildman–Crippen MR) is 114 cm³/mol. The molecular weight excluding hydrogens is 348 g/mol. The molecule has 1 heterocycles. The van der Waals surface area contributed by atoms with Crippen LogP contribution in [0.3, 0.4) is 0 Å². The molecule has 2 fully saturated rings. The Kier molecular flexibility index (Phi) is 5.36. The fourth-order valence-corrected chi connectivity index (χ4v) is 4.94. The minimum absolute atomic E-state index is 0.119. The largest absolute Gasteiger partial charge is 0.378 e. The number of nitrogens with zero attached hydrogens (tertiary/aromatic N) is 1. The summed E-state index contributed by atoms with van der Waals surface area (Å²) in [5, 5.41) is 4.50. The second-order valence-corrected chi connectivity index (χ2v) is 9.82. The second kappa shape index (κ2) is 7.64. The first-order valence-electron chi connectivity index (χ1n) is 10.7. The Morgan fingerprint density at radius 2 is 1.89 bits per heavy atom. The van der Waals surface area contributed by atoms with Crippen LogP contribution < -0.4 is 5.43 Å². The number of hydrazone groups is 1. The van der Waals surface area contributed by atoms with Crippen LogP contribution in [0.25, 0.3) is 5.70 Å². The van der Waals surface area contributed by atoms with Gasteiger partial charge < -0.3 is 9.47 Å². The first kappa shape index (κ1) is 19.7. The van der Waals surface area contributed by atoms with E-state index in [4.69, 9.17) is 9.47 Å². The molecule has 2 bridgehead atoms. The molecule has 4 rings (SSSR count). The summed E-state index contributed by atoms with van der Waals surface area (Å²) in [5.41, 5.74) is 8.42. The fourth-order valence-electron chi connectivity index (χ4n) is 4.94. The molecule has 3 aliphatic rings. The summed E-state index contributed by atoms with van der Waals surface area (Å²) >= 11 is 0. The summed E-state index contributed by atoms with van der Waals surface area (Å²) in [7, 11) is 0. The highest BCUT2D eigenvalue weighted by molar-refractivity contribution is 5.80. The van der Waals surface area contributed by atoms with E-state index in [-0.39, 0.29) is 5.60 Å². The third-order valence-electron chi connectivity index (χ3n) is 6.26. The molecular formula is C24H34N2O2. The average molecular weight is 383 g/mol. The first-order chi connectivity index (χ1) is 13.3. The van der Waals surface area contributed by atoms with Gasteiger partial charge in [0.15, 0.2) is 0 Å². The number of hydrogen-bond donors (Lipinski definition) is 1. The van der Waals surface area contributed by atoms with Crippen molar-refractivity contribution in [1.29, 1.82) is 0 Å². The zero-order valence-electron chi connectivity index (χ0n) is 17.9. The van der Waals surface area contributed by atoms with E-state index in [0.717, 1.165) is 12.5 Å². The maximum atomic E-state index is 5.98. The van der Waals surface area contributed by atoms with Crippen molar-refractivity contribution in [2.75, 3.05) is 6.61 Å². The van der Waals surface area contributed by atoms with Gasteiger partial charge >= 0.3 is 0 Å². The highest BCUT2D eigenvalue weighted by atomic mass is 16.5. The normalized spacial score (nSPS) is 28.8. The lowest BCUT2D eigenvalue weighted by molar-refractivity contribution is -0.0149. The van der Waals surface area contributed by atoms with Crippen molar-refractivity contribution >= 4 is 11.9 Å². The lowest BCUT2D eigenvalue weighted by Gasteiger charge is -2.33. The molecule has 0 spiro atoms. The molecule has 0 amide bonds. The lowest BCUT2D eigenvalue weighted by Crippen LogP contribution is -2.31. The zero-order chi connectivity index (χ0) is 19.9. The van der Waals surface area contributed by atoms with Crippen LogP contribution in [0.5, 0.6) is 0 Å². The molecule has 4 heteroatoms. The molecule has 0 aromatic heterocycles. The quantitative estimate of drug-likeness (QED) is 0.753. The van der Waals surface area contributed by atoms with E-state index in [9.17, 15) is 0 Å². The molecule has 4 nitrogen and oxygen atoms in total. The molecule has 1 N–H and O–H groups in total. The van der Waals surface area contributed by atoms with E-state index >= 15 is 0 Å². The van der Waals surface area contributed by atoms with Crippen molar-refractivity contribution in [3.8, 4) is 0 Å². The standard InChI is InChI=1S/C24H34N2O2/c1-15(2)27-14-19-10-18-11-20(19)22-21(18)12-25-26-23(22)17-8-6-16(7-9-17)13-28-24(3,4)5/h6-9,12,15,18-21,26H,10-11,13-14H2,1-5H3. The van der Waals surface area contributed by atoms with E-state index in [1.54, 1.807) is 5.57 Å². The van der Waals surface area contributed by atoms with Crippen LogP contribution in [0.4, 0.5) is 0 Å². The molecule has 4 atom stereocenters. The third-order valence-corrected chi connectivity index (χ3v) is 6.26. The summed E-state index contributed by atoms with van der Waals surface area (Å²) < 4.78 is 11.9. The van der Waals surface area contributed by atoms with Crippen molar-refractivity contribution in [1.82, 2.24) is 5.43 Å². The molecule has 1 aliphatic heterocycles. The van der Waals surface area contributed by atoms with Crippen LogP contribution >= 0.6 is 0 Å². The Labute approximate surface area is 169 Å². The number of allylic oxidation sites excluding steroid dienone is 1. The monoisotopic (exact) mass is 382 g/mol. The van der Waals surface area contributed by atoms with Gasteiger partial charge in [-0.05, 0) is 81.9 Å². The number of ether oxygens (including phenoxy) is 2. The second-order valence-electron chi connectivity index (χ2n) is 9.82. The highest BCUT2D eigenvalue weighted by Crippen LogP contribution is 2.56. The molecule has 2 aliphatic carbocycles. The first-order valence-corrected chi connectivity index (χ1v) is 10.7. The van der Waals surface area contributed by atoms with E-state index < -0.39 is 0 Å². The maximum Gasteiger partial charge on any atom is 0.0724 e. The number of nitrogens with one attached hydrogen (secondary N) is 1. The average Bonchev–Trinajstić information content (AvgIpc) is 3.23. The van der Waals surface area contributed by atoms with Gasteiger partial charge in [-0.15, -0.1) is 0 Å². The summed E-state index contributed by atoms with van der Waals surface area (Å²) in [6.45, 7) is 12.0. The molecule has 1 aromatic rings. The predicted octanol–water partition coefficient (Wildman–Crippen LogP) is 5.00. The van der Waals surface area contributed by atoms with Gasteiger partial charge in [-0.2, -0.15) is 5.10 Å². The molecule has 0 saturated heterocycles. The van der Waals surface area contributed by atoms with Crippen LogP contribution in [-0.4, -0.2) is 24.5 Å². The number of rotatable bonds is 6. The van der Waals surface area contributed by atoms with Crippen molar-refractivity contribution in [3.63, 3.8) is 0 Å². The van der Waals surface area contributed by atoms with Crippen molar-refractivity contribution in [3.05, 3.63) is 41.0 Å². The van der Waals surface area contributed by atoms with Crippen molar-refractivity contribution < 1.29 is 9.47 Å². The fraction of sp³-hybridized carbons (Fsp3) is 0.625. The minimum Gasteiger partial charge on any atom is -0.378 e. The van der Waals surface area contributed by atoms with Gasteiger partial charge in [-0.25, -0.2) is 0 Å². The Morgan fingerprint density at radius 1 is 1.14 bits per heavy atom. The third kappa shape index (κ3) is 4.04. The summed E-state index contributed by atoms with van der Waals surface area (Å²) in [6.07, 6.45) is 4.99. The van der Waals surface area contributed by atoms with Gasteiger partial charge in [-0.1, -0.05) is 24.3 Å².